The van der Waals surface area contributed by atoms with Crippen molar-refractivity contribution in [1.29, 1.82) is 0 Å². The number of hydrogen-bond acceptors (Lipinski definition) is 3. The highest BCUT2D eigenvalue weighted by molar-refractivity contribution is 7.92. The van der Waals surface area contributed by atoms with E-state index in [1.54, 1.807) is 30.3 Å². The monoisotopic (exact) mass is 428 g/mol. The predicted octanol–water partition coefficient (Wildman–Crippen LogP) is 5.02. The first-order valence-electron chi connectivity index (χ1n) is 9.14. The van der Waals surface area contributed by atoms with Gasteiger partial charge in [0.25, 0.3) is 15.9 Å². The highest BCUT2D eigenvalue weighted by Crippen LogP contribution is 2.26. The molecule has 0 heterocycles. The van der Waals surface area contributed by atoms with Crippen LogP contribution < -0.4 is 10.0 Å². The summed E-state index contributed by atoms with van der Waals surface area (Å²) in [4.78, 5) is 12.6. The molecule has 0 fully saturated rings. The molecule has 1 atom stereocenters. The van der Waals surface area contributed by atoms with Crippen molar-refractivity contribution in [3.8, 4) is 0 Å². The van der Waals surface area contributed by atoms with Crippen molar-refractivity contribution in [2.24, 2.45) is 0 Å². The summed E-state index contributed by atoms with van der Waals surface area (Å²) in [5, 5.41) is 2.99. The molecule has 1 amide bonds. The topological polar surface area (TPSA) is 75.3 Å². The molecule has 0 bridgehead atoms. The minimum atomic E-state index is -3.95. The van der Waals surface area contributed by atoms with Crippen molar-refractivity contribution in [1.82, 2.24) is 5.32 Å². The van der Waals surface area contributed by atoms with Crippen molar-refractivity contribution >= 4 is 33.2 Å². The molecule has 1 unspecified atom stereocenters. The van der Waals surface area contributed by atoms with Crippen molar-refractivity contribution in [3.05, 3.63) is 95.0 Å². The molecule has 3 aromatic carbocycles. The average Bonchev–Trinajstić information content (AvgIpc) is 2.73. The standard InChI is InChI=1S/C22H21ClN2O3S/c1-2-20(16-9-5-3-6-10-16)24-22(26)17-13-14-19(23)21(15-17)29(27,28)25-18-11-7-4-8-12-18/h3-15,20,25H,2H2,1H3,(H,24,26). The van der Waals surface area contributed by atoms with Crippen LogP contribution in [0.15, 0.2) is 83.8 Å². The molecular weight excluding hydrogens is 408 g/mol. The lowest BCUT2D eigenvalue weighted by molar-refractivity contribution is 0.0935. The molecule has 0 radical (unpaired) electrons. The molecule has 0 saturated heterocycles. The van der Waals surface area contributed by atoms with Crippen molar-refractivity contribution in [2.45, 2.75) is 24.3 Å². The number of hydrogen-bond donors (Lipinski definition) is 2. The number of halogens is 1. The van der Waals surface area contributed by atoms with E-state index in [9.17, 15) is 13.2 Å². The maximum atomic E-state index is 12.8. The van der Waals surface area contributed by atoms with Gasteiger partial charge in [0, 0.05) is 11.3 Å². The van der Waals surface area contributed by atoms with Gasteiger partial charge in [0.2, 0.25) is 0 Å². The van der Waals surface area contributed by atoms with Gasteiger partial charge >= 0.3 is 0 Å². The maximum absolute atomic E-state index is 12.8. The summed E-state index contributed by atoms with van der Waals surface area (Å²) in [7, 11) is -3.95. The summed E-state index contributed by atoms with van der Waals surface area (Å²) in [6, 6.07) is 22.1. The van der Waals surface area contributed by atoms with E-state index in [4.69, 9.17) is 11.6 Å². The van der Waals surface area contributed by atoms with E-state index in [2.05, 4.69) is 10.0 Å². The molecule has 0 saturated carbocycles. The molecule has 3 aromatic rings. The number of benzene rings is 3. The Balaban J connectivity index is 1.85. The Morgan fingerprint density at radius 3 is 2.21 bits per heavy atom. The van der Waals surface area contributed by atoms with E-state index < -0.39 is 10.0 Å². The number of nitrogens with one attached hydrogen (secondary N) is 2. The van der Waals surface area contributed by atoms with Crippen LogP contribution in [0.5, 0.6) is 0 Å². The van der Waals surface area contributed by atoms with E-state index in [-0.39, 0.29) is 27.4 Å². The zero-order valence-electron chi connectivity index (χ0n) is 15.8. The third-order valence-corrected chi connectivity index (χ3v) is 6.29. The SMILES string of the molecule is CCC(NC(=O)c1ccc(Cl)c(S(=O)(=O)Nc2ccccc2)c1)c1ccccc1. The van der Waals surface area contributed by atoms with Crippen molar-refractivity contribution in [3.63, 3.8) is 0 Å². The largest absolute Gasteiger partial charge is 0.345 e. The Morgan fingerprint density at radius 2 is 1.59 bits per heavy atom. The lowest BCUT2D eigenvalue weighted by Crippen LogP contribution is -2.28. The molecule has 0 aliphatic carbocycles. The third kappa shape index (κ3) is 5.16. The Hall–Kier alpha value is -2.83. The number of sulfonamides is 1. The van der Waals surface area contributed by atoms with Gasteiger partial charge in [-0.05, 0) is 42.3 Å². The van der Waals surface area contributed by atoms with Gasteiger partial charge in [-0.15, -0.1) is 0 Å². The molecule has 29 heavy (non-hydrogen) atoms. The van der Waals surface area contributed by atoms with Crippen LogP contribution in [-0.2, 0) is 10.0 Å². The molecule has 2 N–H and O–H groups in total. The first kappa shape index (κ1) is 20.9. The van der Waals surface area contributed by atoms with Gasteiger partial charge in [-0.3, -0.25) is 9.52 Å². The second kappa shape index (κ2) is 9.11. The summed E-state index contributed by atoms with van der Waals surface area (Å²) in [5.41, 5.74) is 1.61. The fourth-order valence-electron chi connectivity index (χ4n) is 2.91. The van der Waals surface area contributed by atoms with Crippen LogP contribution >= 0.6 is 11.6 Å². The van der Waals surface area contributed by atoms with Crippen LogP contribution in [0.3, 0.4) is 0 Å². The van der Waals surface area contributed by atoms with Gasteiger partial charge in [0.1, 0.15) is 4.90 Å². The molecule has 7 heteroatoms. The molecule has 0 aliphatic rings. The molecular formula is C22H21ClN2O3S. The van der Waals surface area contributed by atoms with Crippen molar-refractivity contribution < 1.29 is 13.2 Å². The highest BCUT2D eigenvalue weighted by Gasteiger charge is 2.21. The summed E-state index contributed by atoms with van der Waals surface area (Å²) in [6.45, 7) is 1.97. The molecule has 0 spiro atoms. The molecule has 3 rings (SSSR count). The maximum Gasteiger partial charge on any atom is 0.263 e. The van der Waals surface area contributed by atoms with Crippen LogP contribution in [0.1, 0.15) is 35.3 Å². The first-order valence-corrected chi connectivity index (χ1v) is 11.0. The molecule has 150 valence electrons. The van der Waals surface area contributed by atoms with Crippen LogP contribution in [0.25, 0.3) is 0 Å². The minimum Gasteiger partial charge on any atom is -0.345 e. The number of para-hydroxylation sites is 1. The summed E-state index contributed by atoms with van der Waals surface area (Å²) in [6.07, 6.45) is 0.698. The van der Waals surface area contributed by atoms with Crippen LogP contribution in [0.4, 0.5) is 5.69 Å². The zero-order valence-corrected chi connectivity index (χ0v) is 17.4. The number of carbonyl (C=O) groups is 1. The van der Waals surface area contributed by atoms with Gasteiger partial charge in [0.15, 0.2) is 0 Å². The van der Waals surface area contributed by atoms with E-state index in [0.29, 0.717) is 12.1 Å². The highest BCUT2D eigenvalue weighted by atomic mass is 35.5. The Bertz CT molecular complexity index is 1090. The lowest BCUT2D eigenvalue weighted by atomic mass is 10.0. The third-order valence-electron chi connectivity index (χ3n) is 4.42. The molecule has 5 nitrogen and oxygen atoms in total. The first-order chi connectivity index (χ1) is 13.9. The van der Waals surface area contributed by atoms with Gasteiger partial charge in [-0.25, -0.2) is 8.42 Å². The van der Waals surface area contributed by atoms with Gasteiger partial charge in [-0.2, -0.15) is 0 Å². The average molecular weight is 429 g/mol. The van der Waals surface area contributed by atoms with E-state index in [0.717, 1.165) is 5.56 Å². The van der Waals surface area contributed by atoms with Gasteiger partial charge in [-0.1, -0.05) is 67.1 Å². The summed E-state index contributed by atoms with van der Waals surface area (Å²) >= 11 is 6.13. The van der Waals surface area contributed by atoms with E-state index in [1.807, 2.05) is 37.3 Å². The van der Waals surface area contributed by atoms with Crippen LogP contribution in [-0.4, -0.2) is 14.3 Å². The zero-order chi connectivity index (χ0) is 20.9. The molecule has 0 aromatic heterocycles. The fourth-order valence-corrected chi connectivity index (χ4v) is 4.50. The minimum absolute atomic E-state index is 0.0417. The summed E-state index contributed by atoms with van der Waals surface area (Å²) < 4.78 is 28.0. The Labute approximate surface area is 175 Å². The molecule has 0 aliphatic heterocycles. The number of carbonyl (C=O) groups excluding carboxylic acids is 1. The van der Waals surface area contributed by atoms with Crippen molar-refractivity contribution in [2.75, 3.05) is 4.72 Å². The predicted molar refractivity (Wildman–Crippen MR) is 116 cm³/mol. The second-order valence-corrected chi connectivity index (χ2v) is 8.52. The van der Waals surface area contributed by atoms with Gasteiger partial charge < -0.3 is 5.32 Å². The van der Waals surface area contributed by atoms with E-state index >= 15 is 0 Å². The smallest absolute Gasteiger partial charge is 0.263 e. The number of amides is 1. The van der Waals surface area contributed by atoms with E-state index in [1.165, 1.54) is 18.2 Å². The number of anilines is 1. The lowest BCUT2D eigenvalue weighted by Gasteiger charge is -2.18. The van der Waals surface area contributed by atoms with Crippen LogP contribution in [0, 0.1) is 0 Å². The van der Waals surface area contributed by atoms with Gasteiger partial charge in [0.05, 0.1) is 11.1 Å². The fraction of sp³-hybridized carbons (Fsp3) is 0.136. The second-order valence-electron chi connectivity index (χ2n) is 6.46. The number of rotatable bonds is 7. The Kier molecular flexibility index (Phi) is 6.56. The Morgan fingerprint density at radius 1 is 0.966 bits per heavy atom. The van der Waals surface area contributed by atoms with Crippen LogP contribution in [0.2, 0.25) is 5.02 Å². The quantitative estimate of drug-likeness (QED) is 0.554. The summed E-state index contributed by atoms with van der Waals surface area (Å²) in [5.74, 6) is -0.367. The normalized spacial score (nSPS) is 12.2.